The molecule has 0 heterocycles. The Morgan fingerprint density at radius 3 is 3.17 bits per heavy atom. The van der Waals surface area contributed by atoms with Crippen LogP contribution in [0.3, 0.4) is 0 Å². The second kappa shape index (κ2) is 1.61. The molecule has 0 aromatic carbocycles. The average molecular weight is 95.2 g/mol. The maximum Gasteiger partial charge on any atom is 0.0567 e. The second-order valence-electron chi connectivity index (χ2n) is 0.862. The number of aliphatic hydroxyl groups is 1. The van der Waals surface area contributed by atoms with E-state index in [0.717, 1.165) is 0 Å². The number of rotatable bonds is 1. The van der Waals surface area contributed by atoms with Crippen molar-refractivity contribution in [2.75, 3.05) is 6.56 Å². The summed E-state index contributed by atoms with van der Waals surface area (Å²) in [6.07, 6.45) is -9.23. The van der Waals surface area contributed by atoms with E-state index in [-0.39, 0.29) is 0 Å². The predicted molar refractivity (Wildman–Crippen MR) is 24.4 cm³/mol. The Morgan fingerprint density at radius 1 is 2.17 bits per heavy atom. The molecular formula is C5H10O. The third kappa shape index (κ3) is 0.548. The lowest BCUT2D eigenvalue weighted by Crippen LogP contribution is -2.14. The average Bonchev–Trinajstić information content (AvgIpc) is 1.98. The minimum atomic E-state index is -3.47. The van der Waals surface area contributed by atoms with E-state index in [2.05, 4.69) is 0 Å². The molecule has 6 heavy (non-hydrogen) atoms. The van der Waals surface area contributed by atoms with Gasteiger partial charge in [0.2, 0.25) is 0 Å². The summed E-state index contributed by atoms with van der Waals surface area (Å²) in [5.74, 6) is -3.18. The Balaban J connectivity index is 3.36. The van der Waals surface area contributed by atoms with E-state index in [1.54, 1.807) is 0 Å². The maximum atomic E-state index is 9.00. The molecule has 0 unspecified atom stereocenters. The third-order valence-electron chi connectivity index (χ3n) is 0.487. The van der Waals surface area contributed by atoms with Crippen molar-refractivity contribution in [3.8, 4) is 0 Å². The maximum absolute atomic E-state index is 9.00. The third-order valence-corrected chi connectivity index (χ3v) is 0.487. The van der Waals surface area contributed by atoms with Gasteiger partial charge in [0, 0.05) is 16.2 Å². The van der Waals surface area contributed by atoms with Crippen molar-refractivity contribution in [1.29, 1.82) is 0 Å². The Kier molecular flexibility index (Phi) is 0.175. The first-order valence-electron chi connectivity index (χ1n) is 5.97. The summed E-state index contributed by atoms with van der Waals surface area (Å²) < 4.78 is 64.1. The summed E-state index contributed by atoms with van der Waals surface area (Å²) in [6.45, 7) is -3.47. The van der Waals surface area contributed by atoms with Gasteiger partial charge in [0.05, 0.1) is 2.74 Å². The molecule has 0 saturated heterocycles. The van der Waals surface area contributed by atoms with Crippen molar-refractivity contribution in [1.82, 2.24) is 0 Å². The zero-order valence-electron chi connectivity index (χ0n) is 11.9. The summed E-state index contributed by atoms with van der Waals surface area (Å²) in [5, 5.41) is 9.00. The Labute approximate surface area is 50.6 Å². The fourth-order valence-corrected chi connectivity index (χ4v) is 0.181. The first kappa shape index (κ1) is 0.655. The van der Waals surface area contributed by atoms with Gasteiger partial charge in [0.1, 0.15) is 0 Å². The Hall–Kier alpha value is -0.0400. The summed E-state index contributed by atoms with van der Waals surface area (Å²) in [4.78, 5) is 0. The van der Waals surface area contributed by atoms with Crippen LogP contribution in [0.4, 0.5) is 0 Å². The molecule has 0 radical (unpaired) electrons. The fraction of sp³-hybridized carbons (Fsp3) is 1.00. The molecule has 0 aliphatic heterocycles. The molecular weight excluding hydrogens is 76.1 g/mol. The van der Waals surface area contributed by atoms with Crippen LogP contribution in [0.15, 0.2) is 0 Å². The van der Waals surface area contributed by atoms with Crippen LogP contribution in [0.5, 0.6) is 0 Å². The first-order valence-corrected chi connectivity index (χ1v) is 1.47. The van der Waals surface area contributed by atoms with Crippen LogP contribution in [-0.2, 0) is 0 Å². The van der Waals surface area contributed by atoms with Crippen molar-refractivity contribution in [3.05, 3.63) is 0 Å². The van der Waals surface area contributed by atoms with Gasteiger partial charge >= 0.3 is 0 Å². The fourth-order valence-electron chi connectivity index (χ4n) is 0.181. The highest BCUT2D eigenvalue weighted by atomic mass is 16.3. The second-order valence-corrected chi connectivity index (χ2v) is 0.862. The highest BCUT2D eigenvalue weighted by molar-refractivity contribution is 4.66. The molecule has 1 nitrogen and oxygen atoms in total. The highest BCUT2D eigenvalue weighted by Crippen LogP contribution is 2.24. The summed E-state index contributed by atoms with van der Waals surface area (Å²) in [5.41, 5.74) is 0. The number of hydrogen-bond acceptors (Lipinski definition) is 1. The SMILES string of the molecule is [2H]C([2H])(O)C1([2H])C([2H])([2H])C([2H])([2H])C1([2H])[2H]. The van der Waals surface area contributed by atoms with Gasteiger partial charge in [-0.05, 0) is 18.6 Å². The Morgan fingerprint density at radius 2 is 2.83 bits per heavy atom. The zero-order chi connectivity index (χ0) is 12.5. The molecule has 36 valence electrons. The number of hydrogen-bond donors (Lipinski definition) is 1. The molecule has 0 atom stereocenters. The van der Waals surface area contributed by atoms with E-state index in [1.165, 1.54) is 0 Å². The molecule has 1 saturated carbocycles. The van der Waals surface area contributed by atoms with Gasteiger partial charge in [-0.2, -0.15) is 0 Å². The molecule has 0 aromatic heterocycles. The molecule has 1 rings (SSSR count). The predicted octanol–water partition coefficient (Wildman–Crippen LogP) is 0.779. The van der Waals surface area contributed by atoms with Gasteiger partial charge in [-0.15, -0.1) is 0 Å². The quantitative estimate of drug-likeness (QED) is 0.510. The smallest absolute Gasteiger partial charge is 0.0567 e. The lowest BCUT2D eigenvalue weighted by atomic mass is 9.86. The monoisotopic (exact) mass is 95.1 g/mol. The summed E-state index contributed by atoms with van der Waals surface area (Å²) >= 11 is 0. The van der Waals surface area contributed by atoms with Crippen molar-refractivity contribution in [2.45, 2.75) is 19.1 Å². The molecule has 1 fully saturated rings. The molecule has 0 spiro atoms. The van der Waals surface area contributed by atoms with Crippen molar-refractivity contribution < 1.29 is 17.4 Å². The summed E-state index contributed by atoms with van der Waals surface area (Å²) in [7, 11) is 0. The van der Waals surface area contributed by atoms with Crippen LogP contribution in [0.25, 0.3) is 0 Å². The molecule has 1 aliphatic rings. The first-order chi connectivity index (χ1) is 6.25. The topological polar surface area (TPSA) is 20.2 Å². The molecule has 1 heteroatoms. The largest absolute Gasteiger partial charge is 0.396 e. The molecule has 0 aromatic rings. The lowest BCUT2D eigenvalue weighted by Gasteiger charge is -2.21. The minimum absolute atomic E-state index is 3.02. The van der Waals surface area contributed by atoms with Gasteiger partial charge in [-0.3, -0.25) is 0 Å². The van der Waals surface area contributed by atoms with E-state index in [9.17, 15) is 0 Å². The van der Waals surface area contributed by atoms with Crippen LogP contribution in [0.1, 0.15) is 31.5 Å². The molecule has 0 amide bonds. The highest BCUT2D eigenvalue weighted by Gasteiger charge is 2.14. The van der Waals surface area contributed by atoms with Gasteiger partial charge < -0.3 is 5.11 Å². The molecule has 1 N–H and O–H groups in total. The zero-order valence-corrected chi connectivity index (χ0v) is 2.95. The van der Waals surface area contributed by atoms with Gasteiger partial charge in [-0.1, -0.05) is 6.37 Å². The van der Waals surface area contributed by atoms with Gasteiger partial charge in [-0.25, -0.2) is 0 Å². The van der Waals surface area contributed by atoms with E-state index < -0.39 is 31.6 Å². The summed E-state index contributed by atoms with van der Waals surface area (Å²) in [6, 6.07) is 0. The van der Waals surface area contributed by atoms with Crippen molar-refractivity contribution in [2.24, 2.45) is 5.89 Å². The standard InChI is InChI=1S/C5H10O/c6-4-5-2-1-3-5/h5-6H,1-4H2/i1D2,2D2,3D2,4D2,5D. The van der Waals surface area contributed by atoms with Crippen LogP contribution < -0.4 is 0 Å². The minimum Gasteiger partial charge on any atom is -0.396 e. The van der Waals surface area contributed by atoms with E-state index in [0.29, 0.717) is 0 Å². The van der Waals surface area contributed by atoms with E-state index in [1.807, 2.05) is 0 Å². The van der Waals surface area contributed by atoms with Crippen LogP contribution in [0, 0.1) is 5.89 Å². The molecule has 0 bridgehead atoms. The van der Waals surface area contributed by atoms with E-state index >= 15 is 0 Å². The van der Waals surface area contributed by atoms with Crippen LogP contribution in [-0.4, -0.2) is 11.7 Å². The van der Waals surface area contributed by atoms with Crippen molar-refractivity contribution >= 4 is 0 Å². The van der Waals surface area contributed by atoms with Crippen LogP contribution in [0.2, 0.25) is 0 Å². The lowest BCUT2D eigenvalue weighted by molar-refractivity contribution is 0.163. The van der Waals surface area contributed by atoms with Gasteiger partial charge in [0.15, 0.2) is 0 Å². The normalized spacial score (nSPS) is 78.5. The Bertz CT molecular complexity index is 271. The van der Waals surface area contributed by atoms with Crippen molar-refractivity contribution in [3.63, 3.8) is 0 Å². The van der Waals surface area contributed by atoms with Crippen LogP contribution >= 0.6 is 0 Å². The van der Waals surface area contributed by atoms with E-state index in [4.69, 9.17) is 17.4 Å². The molecule has 1 aliphatic carbocycles. The van der Waals surface area contributed by atoms with Gasteiger partial charge in [0.25, 0.3) is 0 Å².